The van der Waals surface area contributed by atoms with E-state index < -0.39 is 11.4 Å². The molecule has 0 spiro atoms. The van der Waals surface area contributed by atoms with Crippen molar-refractivity contribution in [1.82, 2.24) is 0 Å². The quantitative estimate of drug-likeness (QED) is 0.597. The standard InChI is InChI=1S/C19H23NO2S/c1-15(20-23(21)19(2,3)4)17-11-8-12-18(13-17)22-14-16-9-6-5-7-10-16/h5-13H,14H2,1-4H3/b20-15+/t23-/m0/s1. The molecule has 122 valence electrons. The minimum Gasteiger partial charge on any atom is -0.591 e. The fourth-order valence-corrected chi connectivity index (χ4v) is 2.49. The number of rotatable bonds is 5. The highest BCUT2D eigenvalue weighted by Gasteiger charge is 2.26. The average molecular weight is 329 g/mol. The van der Waals surface area contributed by atoms with E-state index in [2.05, 4.69) is 4.40 Å². The van der Waals surface area contributed by atoms with Gasteiger partial charge >= 0.3 is 0 Å². The van der Waals surface area contributed by atoms with Crippen LogP contribution in [0.1, 0.15) is 38.8 Å². The van der Waals surface area contributed by atoms with E-state index in [9.17, 15) is 4.55 Å². The maximum atomic E-state index is 12.1. The summed E-state index contributed by atoms with van der Waals surface area (Å²) in [5.41, 5.74) is 2.80. The molecule has 2 aromatic rings. The lowest BCUT2D eigenvalue weighted by molar-refractivity contribution is 0.306. The van der Waals surface area contributed by atoms with Crippen LogP contribution in [0.15, 0.2) is 59.0 Å². The molecule has 0 radical (unpaired) electrons. The summed E-state index contributed by atoms with van der Waals surface area (Å²) in [6.45, 7) is 8.15. The van der Waals surface area contributed by atoms with Crippen LogP contribution in [0.4, 0.5) is 0 Å². The molecule has 4 heteroatoms. The zero-order valence-corrected chi connectivity index (χ0v) is 14.9. The molecule has 0 aliphatic carbocycles. The lowest BCUT2D eigenvalue weighted by Gasteiger charge is -2.18. The van der Waals surface area contributed by atoms with Gasteiger partial charge in [0.15, 0.2) is 0 Å². The second-order valence-corrected chi connectivity index (χ2v) is 8.25. The third kappa shape index (κ3) is 5.41. The van der Waals surface area contributed by atoms with Gasteiger partial charge in [0, 0.05) is 5.56 Å². The van der Waals surface area contributed by atoms with Crippen LogP contribution >= 0.6 is 0 Å². The topological polar surface area (TPSA) is 44.7 Å². The molecule has 1 atom stereocenters. The first-order valence-corrected chi connectivity index (χ1v) is 8.71. The second-order valence-electron chi connectivity index (χ2n) is 6.34. The SMILES string of the molecule is C/C(=N\[S@@+]([O-])C(C)(C)C)c1cccc(OCc2ccccc2)c1. The summed E-state index contributed by atoms with van der Waals surface area (Å²) in [7, 11) is 0. The molecular formula is C19H23NO2S. The van der Waals surface area contributed by atoms with E-state index >= 15 is 0 Å². The van der Waals surface area contributed by atoms with Gasteiger partial charge in [-0.2, -0.15) is 0 Å². The Kier molecular flexibility index (Phi) is 5.85. The Morgan fingerprint density at radius 3 is 2.43 bits per heavy atom. The molecule has 0 N–H and O–H groups in total. The monoisotopic (exact) mass is 329 g/mol. The normalized spacial score (nSPS) is 13.7. The maximum absolute atomic E-state index is 12.1. The van der Waals surface area contributed by atoms with Crippen LogP contribution in [0.3, 0.4) is 0 Å². The van der Waals surface area contributed by atoms with Gasteiger partial charge in [-0.15, -0.1) is 0 Å². The molecule has 0 aliphatic rings. The lowest BCUT2D eigenvalue weighted by Crippen LogP contribution is -2.26. The van der Waals surface area contributed by atoms with Gasteiger partial charge < -0.3 is 9.29 Å². The van der Waals surface area contributed by atoms with Gasteiger partial charge in [-0.3, -0.25) is 0 Å². The van der Waals surface area contributed by atoms with Gasteiger partial charge in [0.05, 0.1) is 5.71 Å². The summed E-state index contributed by atoms with van der Waals surface area (Å²) in [6, 6.07) is 17.8. The molecule has 23 heavy (non-hydrogen) atoms. The summed E-state index contributed by atoms with van der Waals surface area (Å²) in [5, 5.41) is 0. The minimum atomic E-state index is -1.26. The number of benzene rings is 2. The predicted octanol–water partition coefficient (Wildman–Crippen LogP) is 4.54. The van der Waals surface area contributed by atoms with Crippen molar-refractivity contribution >= 4 is 17.1 Å². The third-order valence-electron chi connectivity index (χ3n) is 3.24. The first-order chi connectivity index (χ1) is 10.9. The van der Waals surface area contributed by atoms with E-state index in [1.54, 1.807) is 0 Å². The Balaban J connectivity index is 2.09. The summed E-state index contributed by atoms with van der Waals surface area (Å²) in [6.07, 6.45) is 0. The number of hydrogen-bond donors (Lipinski definition) is 0. The Hall–Kier alpha value is -1.78. The molecule has 0 bridgehead atoms. The molecule has 0 saturated carbocycles. The van der Waals surface area contributed by atoms with Gasteiger partial charge in [0.25, 0.3) is 0 Å². The van der Waals surface area contributed by atoms with Crippen molar-refractivity contribution in [2.24, 2.45) is 4.40 Å². The Morgan fingerprint density at radius 1 is 1.09 bits per heavy atom. The molecule has 0 heterocycles. The van der Waals surface area contributed by atoms with Crippen molar-refractivity contribution in [3.63, 3.8) is 0 Å². The summed E-state index contributed by atoms with van der Waals surface area (Å²) < 4.78 is 21.9. The fourth-order valence-electron chi connectivity index (χ4n) is 1.87. The number of ether oxygens (including phenoxy) is 1. The van der Waals surface area contributed by atoms with E-state index in [0.29, 0.717) is 6.61 Å². The zero-order chi connectivity index (χ0) is 16.9. The molecule has 3 nitrogen and oxygen atoms in total. The highest BCUT2D eigenvalue weighted by Crippen LogP contribution is 2.20. The highest BCUT2D eigenvalue weighted by molar-refractivity contribution is 7.91. The van der Waals surface area contributed by atoms with Crippen molar-refractivity contribution in [2.45, 2.75) is 39.0 Å². The second kappa shape index (κ2) is 7.66. The molecule has 2 aromatic carbocycles. The average Bonchev–Trinajstić information content (AvgIpc) is 2.53. The van der Waals surface area contributed by atoms with Crippen LogP contribution in [0.2, 0.25) is 0 Å². The highest BCUT2D eigenvalue weighted by atomic mass is 32.2. The van der Waals surface area contributed by atoms with E-state index in [-0.39, 0.29) is 4.75 Å². The Labute approximate surface area is 141 Å². The van der Waals surface area contributed by atoms with Crippen LogP contribution in [0.5, 0.6) is 5.75 Å². The van der Waals surface area contributed by atoms with Gasteiger partial charge in [-0.05, 0) is 45.4 Å². The number of hydrogen-bond acceptors (Lipinski definition) is 3. The Bertz CT molecular complexity index is 663. The lowest BCUT2D eigenvalue weighted by atomic mass is 10.1. The molecule has 0 aromatic heterocycles. The predicted molar refractivity (Wildman–Crippen MR) is 97.3 cm³/mol. The third-order valence-corrected chi connectivity index (χ3v) is 4.73. The molecule has 2 rings (SSSR count). The van der Waals surface area contributed by atoms with Crippen molar-refractivity contribution in [2.75, 3.05) is 0 Å². The molecule has 0 unspecified atom stereocenters. The van der Waals surface area contributed by atoms with Crippen LogP contribution < -0.4 is 4.74 Å². The van der Waals surface area contributed by atoms with Crippen LogP contribution in [0.25, 0.3) is 0 Å². The van der Waals surface area contributed by atoms with Gasteiger partial charge in [0.2, 0.25) is 0 Å². The first kappa shape index (κ1) is 17.6. The van der Waals surface area contributed by atoms with Crippen LogP contribution in [0, 0.1) is 0 Å². The molecule has 0 saturated heterocycles. The smallest absolute Gasteiger partial charge is 0.144 e. The van der Waals surface area contributed by atoms with Crippen molar-refractivity contribution in [3.8, 4) is 5.75 Å². The molecule has 0 amide bonds. The van der Waals surface area contributed by atoms with Crippen molar-refractivity contribution in [1.29, 1.82) is 0 Å². The minimum absolute atomic E-state index is 0.358. The van der Waals surface area contributed by atoms with E-state index in [1.165, 1.54) is 0 Å². The number of nitrogens with zero attached hydrogens (tertiary/aromatic N) is 1. The Morgan fingerprint density at radius 2 is 1.78 bits per heavy atom. The summed E-state index contributed by atoms with van der Waals surface area (Å²) >= 11 is -1.26. The maximum Gasteiger partial charge on any atom is 0.144 e. The van der Waals surface area contributed by atoms with Gasteiger partial charge in [-0.25, -0.2) is 0 Å². The van der Waals surface area contributed by atoms with Crippen LogP contribution in [-0.2, 0) is 18.0 Å². The fraction of sp³-hybridized carbons (Fsp3) is 0.316. The van der Waals surface area contributed by atoms with E-state index in [4.69, 9.17) is 4.74 Å². The van der Waals surface area contributed by atoms with Gasteiger partial charge in [0.1, 0.15) is 28.5 Å². The van der Waals surface area contributed by atoms with Crippen molar-refractivity contribution in [3.05, 3.63) is 65.7 Å². The molecule has 0 fully saturated rings. The van der Waals surface area contributed by atoms with E-state index in [1.807, 2.05) is 82.3 Å². The van der Waals surface area contributed by atoms with Crippen LogP contribution in [-0.4, -0.2) is 15.0 Å². The van der Waals surface area contributed by atoms with Gasteiger partial charge in [-0.1, -0.05) is 46.9 Å². The molecular weight excluding hydrogens is 306 g/mol. The molecule has 0 aliphatic heterocycles. The summed E-state index contributed by atoms with van der Waals surface area (Å²) in [4.78, 5) is 0. The van der Waals surface area contributed by atoms with Crippen molar-refractivity contribution < 1.29 is 9.29 Å². The largest absolute Gasteiger partial charge is 0.591 e. The first-order valence-electron chi connectivity index (χ1n) is 7.61. The van der Waals surface area contributed by atoms with E-state index in [0.717, 1.165) is 22.6 Å². The zero-order valence-electron chi connectivity index (χ0n) is 14.1. The summed E-state index contributed by atoms with van der Waals surface area (Å²) in [5.74, 6) is 0.780.